The van der Waals surface area contributed by atoms with Crippen LogP contribution in [0.15, 0.2) is 12.1 Å². The van der Waals surface area contributed by atoms with E-state index in [9.17, 15) is 0 Å². The van der Waals surface area contributed by atoms with Crippen molar-refractivity contribution in [3.05, 3.63) is 23.3 Å². The summed E-state index contributed by atoms with van der Waals surface area (Å²) in [5, 5.41) is 3.45. The van der Waals surface area contributed by atoms with Crippen LogP contribution in [0.5, 0.6) is 11.5 Å². The number of fused-ring (bicyclic) bond motifs is 1. The maximum atomic E-state index is 5.71. The van der Waals surface area contributed by atoms with E-state index in [0.717, 1.165) is 18.0 Å². The minimum atomic E-state index is -0.0559. The fraction of sp³-hybridized carbons (Fsp3) is 0.571. The molecule has 0 saturated heterocycles. The molecule has 100 valence electrons. The van der Waals surface area contributed by atoms with Gasteiger partial charge in [-0.25, -0.2) is 0 Å². The first kappa shape index (κ1) is 13.2. The number of rotatable bonds is 4. The van der Waals surface area contributed by atoms with Crippen LogP contribution >= 0.6 is 0 Å². The summed E-state index contributed by atoms with van der Waals surface area (Å²) >= 11 is 0. The lowest BCUT2D eigenvalue weighted by molar-refractivity contribution is 0.171. The Kier molecular flexibility index (Phi) is 3.78. The Morgan fingerprint density at radius 2 is 1.83 bits per heavy atom. The Bertz CT molecular complexity index is 430. The van der Waals surface area contributed by atoms with Crippen molar-refractivity contribution in [2.45, 2.75) is 32.9 Å². The quantitative estimate of drug-likeness (QED) is 0.852. The largest absolute Gasteiger partial charge is 0.486 e. The molecule has 4 nitrogen and oxygen atoms in total. The molecule has 1 aromatic carbocycles. The second-order valence-corrected chi connectivity index (χ2v) is 5.36. The molecule has 1 heterocycles. The van der Waals surface area contributed by atoms with Gasteiger partial charge in [-0.05, 0) is 44.0 Å². The Hall–Kier alpha value is -1.26. The normalized spacial score (nSPS) is 14.7. The van der Waals surface area contributed by atoms with E-state index in [-0.39, 0.29) is 5.54 Å². The molecule has 1 aromatic rings. The first-order valence-electron chi connectivity index (χ1n) is 6.36. The Labute approximate surface area is 108 Å². The molecule has 3 N–H and O–H groups in total. The lowest BCUT2D eigenvalue weighted by Crippen LogP contribution is -2.45. The summed E-state index contributed by atoms with van der Waals surface area (Å²) in [6.07, 6.45) is 0. The Balaban J connectivity index is 2.13. The van der Waals surface area contributed by atoms with E-state index >= 15 is 0 Å². The predicted octanol–water partition coefficient (Wildman–Crippen LogP) is 1.59. The predicted molar refractivity (Wildman–Crippen MR) is 72.1 cm³/mol. The SMILES string of the molecule is Cc1cc2c(cc1CNC(C)(C)CN)OCCO2. The van der Waals surface area contributed by atoms with Gasteiger partial charge in [-0.15, -0.1) is 0 Å². The molecule has 0 saturated carbocycles. The molecule has 4 heteroatoms. The number of hydrogen-bond acceptors (Lipinski definition) is 4. The van der Waals surface area contributed by atoms with E-state index in [1.807, 2.05) is 6.07 Å². The number of nitrogens with one attached hydrogen (secondary N) is 1. The third-order valence-electron chi connectivity index (χ3n) is 3.27. The van der Waals surface area contributed by atoms with Crippen LogP contribution in [-0.2, 0) is 6.54 Å². The van der Waals surface area contributed by atoms with Crippen LogP contribution in [0, 0.1) is 6.92 Å². The number of ether oxygens (including phenoxy) is 2. The first-order chi connectivity index (χ1) is 8.52. The molecule has 0 bridgehead atoms. The van der Waals surface area contributed by atoms with Crippen LogP contribution in [0.4, 0.5) is 0 Å². The molecule has 0 spiro atoms. The van der Waals surface area contributed by atoms with Crippen molar-refractivity contribution in [3.63, 3.8) is 0 Å². The Morgan fingerprint density at radius 1 is 1.22 bits per heavy atom. The van der Waals surface area contributed by atoms with Crippen molar-refractivity contribution in [1.82, 2.24) is 5.32 Å². The molecule has 0 aliphatic carbocycles. The monoisotopic (exact) mass is 250 g/mol. The van der Waals surface area contributed by atoms with Crippen LogP contribution in [0.1, 0.15) is 25.0 Å². The fourth-order valence-electron chi connectivity index (χ4n) is 1.83. The van der Waals surface area contributed by atoms with E-state index < -0.39 is 0 Å². The number of benzene rings is 1. The van der Waals surface area contributed by atoms with Gasteiger partial charge < -0.3 is 20.5 Å². The molecule has 0 unspecified atom stereocenters. The van der Waals surface area contributed by atoms with Gasteiger partial charge in [0.25, 0.3) is 0 Å². The van der Waals surface area contributed by atoms with Gasteiger partial charge in [0.05, 0.1) is 0 Å². The van der Waals surface area contributed by atoms with Crippen LogP contribution in [0.25, 0.3) is 0 Å². The van der Waals surface area contributed by atoms with E-state index in [0.29, 0.717) is 19.8 Å². The number of nitrogens with two attached hydrogens (primary N) is 1. The first-order valence-corrected chi connectivity index (χ1v) is 6.36. The zero-order valence-electron chi connectivity index (χ0n) is 11.4. The molecule has 1 aliphatic heterocycles. The highest BCUT2D eigenvalue weighted by molar-refractivity contribution is 5.47. The van der Waals surface area contributed by atoms with E-state index in [2.05, 4.69) is 32.2 Å². The van der Waals surface area contributed by atoms with Gasteiger partial charge in [-0.3, -0.25) is 0 Å². The molecule has 0 radical (unpaired) electrons. The van der Waals surface area contributed by atoms with E-state index in [1.165, 1.54) is 11.1 Å². The minimum Gasteiger partial charge on any atom is -0.486 e. The van der Waals surface area contributed by atoms with Crippen molar-refractivity contribution in [2.75, 3.05) is 19.8 Å². The molecule has 0 amide bonds. The average Bonchev–Trinajstić information content (AvgIpc) is 2.36. The molecular weight excluding hydrogens is 228 g/mol. The van der Waals surface area contributed by atoms with E-state index in [1.54, 1.807) is 0 Å². The van der Waals surface area contributed by atoms with Gasteiger partial charge in [0.15, 0.2) is 11.5 Å². The van der Waals surface area contributed by atoms with Gasteiger partial charge in [0.1, 0.15) is 13.2 Å². The third kappa shape index (κ3) is 2.94. The van der Waals surface area contributed by atoms with Gasteiger partial charge in [0, 0.05) is 18.6 Å². The summed E-state index contributed by atoms with van der Waals surface area (Å²) in [6, 6.07) is 4.10. The van der Waals surface area contributed by atoms with Crippen molar-refractivity contribution in [2.24, 2.45) is 5.73 Å². The second-order valence-electron chi connectivity index (χ2n) is 5.36. The van der Waals surface area contributed by atoms with E-state index in [4.69, 9.17) is 15.2 Å². The lowest BCUT2D eigenvalue weighted by Gasteiger charge is -2.26. The summed E-state index contributed by atoms with van der Waals surface area (Å²) in [5.74, 6) is 1.69. The van der Waals surface area contributed by atoms with Crippen LogP contribution in [-0.4, -0.2) is 25.3 Å². The van der Waals surface area contributed by atoms with Gasteiger partial charge in [-0.1, -0.05) is 0 Å². The third-order valence-corrected chi connectivity index (χ3v) is 3.27. The van der Waals surface area contributed by atoms with Crippen molar-refractivity contribution in [3.8, 4) is 11.5 Å². The van der Waals surface area contributed by atoms with Crippen LogP contribution < -0.4 is 20.5 Å². The van der Waals surface area contributed by atoms with Crippen molar-refractivity contribution in [1.29, 1.82) is 0 Å². The highest BCUT2D eigenvalue weighted by Gasteiger charge is 2.17. The number of hydrogen-bond donors (Lipinski definition) is 2. The Morgan fingerprint density at radius 3 is 2.44 bits per heavy atom. The molecule has 0 fully saturated rings. The summed E-state index contributed by atoms with van der Waals surface area (Å²) in [4.78, 5) is 0. The molecule has 0 atom stereocenters. The smallest absolute Gasteiger partial charge is 0.161 e. The topological polar surface area (TPSA) is 56.5 Å². The highest BCUT2D eigenvalue weighted by Crippen LogP contribution is 2.33. The van der Waals surface area contributed by atoms with Crippen LogP contribution in [0.2, 0.25) is 0 Å². The molecule has 0 aromatic heterocycles. The summed E-state index contributed by atoms with van der Waals surface area (Å²) in [5.41, 5.74) is 8.09. The van der Waals surface area contributed by atoms with Gasteiger partial charge >= 0.3 is 0 Å². The van der Waals surface area contributed by atoms with Gasteiger partial charge in [-0.2, -0.15) is 0 Å². The number of aryl methyl sites for hydroxylation is 1. The minimum absolute atomic E-state index is 0.0559. The zero-order chi connectivity index (χ0) is 13.2. The molecule has 1 aliphatic rings. The van der Waals surface area contributed by atoms with Crippen molar-refractivity contribution >= 4 is 0 Å². The lowest BCUT2D eigenvalue weighted by atomic mass is 10.0. The maximum absolute atomic E-state index is 5.71. The average molecular weight is 250 g/mol. The second kappa shape index (κ2) is 5.16. The zero-order valence-corrected chi connectivity index (χ0v) is 11.4. The van der Waals surface area contributed by atoms with Crippen LogP contribution in [0.3, 0.4) is 0 Å². The summed E-state index contributed by atoms with van der Waals surface area (Å²) in [7, 11) is 0. The fourth-order valence-corrected chi connectivity index (χ4v) is 1.83. The highest BCUT2D eigenvalue weighted by atomic mass is 16.6. The van der Waals surface area contributed by atoms with Gasteiger partial charge in [0.2, 0.25) is 0 Å². The summed E-state index contributed by atoms with van der Waals surface area (Å²) in [6.45, 7) is 8.93. The van der Waals surface area contributed by atoms with Crippen molar-refractivity contribution < 1.29 is 9.47 Å². The standard InChI is InChI=1S/C14H22N2O2/c1-10-6-12-13(18-5-4-17-12)7-11(10)8-16-14(2,3)9-15/h6-7,16H,4-5,8-9,15H2,1-3H3. The maximum Gasteiger partial charge on any atom is 0.161 e. The molecule has 2 rings (SSSR count). The molecular formula is C14H22N2O2. The summed E-state index contributed by atoms with van der Waals surface area (Å²) < 4.78 is 11.2. The molecule has 18 heavy (non-hydrogen) atoms.